The molecule has 1 aromatic rings. The molecule has 0 aliphatic rings. The molecule has 0 aliphatic carbocycles. The quantitative estimate of drug-likeness (QED) is 0.714. The van der Waals surface area contributed by atoms with Crippen LogP contribution in [0.25, 0.3) is 0 Å². The molecule has 5 nitrogen and oxygen atoms in total. The summed E-state index contributed by atoms with van der Waals surface area (Å²) in [6, 6.07) is 0. The SMILES string of the molecule is CC(CN)CC(=O)Cc1ncnn1C. The standard InChI is InChI=1S/C9H16N4O/c1-7(5-10)3-8(14)4-9-11-6-12-13(9)2/h6-7H,3-5,10H2,1-2H3. The van der Waals surface area contributed by atoms with E-state index in [0.29, 0.717) is 25.2 Å². The van der Waals surface area contributed by atoms with E-state index in [-0.39, 0.29) is 11.7 Å². The maximum Gasteiger partial charge on any atom is 0.140 e. The maximum absolute atomic E-state index is 11.5. The van der Waals surface area contributed by atoms with Crippen LogP contribution in [0.4, 0.5) is 0 Å². The summed E-state index contributed by atoms with van der Waals surface area (Å²) in [7, 11) is 1.78. The van der Waals surface area contributed by atoms with E-state index in [9.17, 15) is 4.79 Å². The highest BCUT2D eigenvalue weighted by molar-refractivity contribution is 5.80. The maximum atomic E-state index is 11.5. The number of rotatable bonds is 5. The first kappa shape index (κ1) is 10.8. The van der Waals surface area contributed by atoms with Gasteiger partial charge in [0.25, 0.3) is 0 Å². The van der Waals surface area contributed by atoms with Gasteiger partial charge in [-0.2, -0.15) is 5.10 Å². The van der Waals surface area contributed by atoms with Crippen molar-refractivity contribution in [3.63, 3.8) is 0 Å². The number of nitrogens with zero attached hydrogens (tertiary/aromatic N) is 3. The average molecular weight is 196 g/mol. The molecule has 0 saturated heterocycles. The molecule has 78 valence electrons. The minimum Gasteiger partial charge on any atom is -0.330 e. The summed E-state index contributed by atoms with van der Waals surface area (Å²) in [5, 5.41) is 3.90. The fourth-order valence-electron chi connectivity index (χ4n) is 1.20. The molecule has 0 amide bonds. The zero-order valence-electron chi connectivity index (χ0n) is 8.60. The second-order valence-corrected chi connectivity index (χ2v) is 3.56. The molecule has 0 radical (unpaired) electrons. The van der Waals surface area contributed by atoms with Crippen LogP contribution in [0, 0.1) is 5.92 Å². The Kier molecular flexibility index (Phi) is 3.76. The van der Waals surface area contributed by atoms with E-state index < -0.39 is 0 Å². The highest BCUT2D eigenvalue weighted by Crippen LogP contribution is 2.03. The Bertz CT molecular complexity index is 308. The largest absolute Gasteiger partial charge is 0.330 e. The Morgan fingerprint density at radius 2 is 2.43 bits per heavy atom. The van der Waals surface area contributed by atoms with Gasteiger partial charge in [-0.15, -0.1) is 0 Å². The van der Waals surface area contributed by atoms with Gasteiger partial charge in [-0.3, -0.25) is 9.48 Å². The summed E-state index contributed by atoms with van der Waals surface area (Å²) in [5.74, 6) is 1.12. The van der Waals surface area contributed by atoms with Crippen molar-refractivity contribution >= 4 is 5.78 Å². The van der Waals surface area contributed by atoms with Crippen LogP contribution < -0.4 is 5.73 Å². The zero-order valence-corrected chi connectivity index (χ0v) is 8.60. The van der Waals surface area contributed by atoms with Gasteiger partial charge in [0, 0.05) is 13.5 Å². The van der Waals surface area contributed by atoms with Crippen molar-refractivity contribution in [3.8, 4) is 0 Å². The Labute approximate surface area is 83.3 Å². The number of carbonyl (C=O) groups excluding carboxylic acids is 1. The Hall–Kier alpha value is -1.23. The summed E-state index contributed by atoms with van der Waals surface area (Å²) in [6.07, 6.45) is 2.32. The molecule has 2 N–H and O–H groups in total. The highest BCUT2D eigenvalue weighted by Gasteiger charge is 2.11. The third-order valence-corrected chi connectivity index (χ3v) is 2.14. The summed E-state index contributed by atoms with van der Waals surface area (Å²) >= 11 is 0. The van der Waals surface area contributed by atoms with Crippen LogP contribution in [0.2, 0.25) is 0 Å². The van der Waals surface area contributed by atoms with E-state index in [2.05, 4.69) is 10.1 Å². The van der Waals surface area contributed by atoms with E-state index in [1.54, 1.807) is 11.7 Å². The normalized spacial score (nSPS) is 12.8. The topological polar surface area (TPSA) is 73.8 Å². The van der Waals surface area contributed by atoms with Gasteiger partial charge in [-0.25, -0.2) is 4.98 Å². The first-order valence-electron chi connectivity index (χ1n) is 4.68. The Morgan fingerprint density at radius 1 is 1.71 bits per heavy atom. The molecule has 0 spiro atoms. The van der Waals surface area contributed by atoms with Crippen LogP contribution in [0.15, 0.2) is 6.33 Å². The summed E-state index contributed by atoms with van der Waals surface area (Å²) in [5.41, 5.74) is 5.44. The fraction of sp³-hybridized carbons (Fsp3) is 0.667. The van der Waals surface area contributed by atoms with Crippen molar-refractivity contribution < 1.29 is 4.79 Å². The molecule has 1 atom stereocenters. The first-order chi connectivity index (χ1) is 6.63. The highest BCUT2D eigenvalue weighted by atomic mass is 16.1. The fourth-order valence-corrected chi connectivity index (χ4v) is 1.20. The molecule has 0 aliphatic heterocycles. The van der Waals surface area contributed by atoms with Crippen LogP contribution in [0.5, 0.6) is 0 Å². The van der Waals surface area contributed by atoms with Crippen molar-refractivity contribution in [3.05, 3.63) is 12.2 Å². The number of hydrogen-bond donors (Lipinski definition) is 1. The van der Waals surface area contributed by atoms with Crippen molar-refractivity contribution in [2.75, 3.05) is 6.54 Å². The van der Waals surface area contributed by atoms with Crippen LogP contribution in [-0.4, -0.2) is 27.1 Å². The molecular formula is C9H16N4O. The molecule has 1 heterocycles. The summed E-state index contributed by atoms with van der Waals surface area (Å²) in [4.78, 5) is 15.5. The van der Waals surface area contributed by atoms with Crippen LogP contribution >= 0.6 is 0 Å². The summed E-state index contributed by atoms with van der Waals surface area (Å²) < 4.78 is 1.62. The number of Topliss-reactive ketones (excluding diaryl/α,β-unsaturated/α-hetero) is 1. The van der Waals surface area contributed by atoms with Gasteiger partial charge in [0.05, 0.1) is 6.42 Å². The van der Waals surface area contributed by atoms with Gasteiger partial charge in [0.2, 0.25) is 0 Å². The molecule has 0 bridgehead atoms. The molecule has 0 saturated carbocycles. The monoisotopic (exact) mass is 196 g/mol. The lowest BCUT2D eigenvalue weighted by atomic mass is 10.0. The van der Waals surface area contributed by atoms with Crippen molar-refractivity contribution in [2.24, 2.45) is 18.7 Å². The lowest BCUT2D eigenvalue weighted by molar-refractivity contribution is -0.119. The lowest BCUT2D eigenvalue weighted by Crippen LogP contribution is -2.17. The predicted molar refractivity (Wildman–Crippen MR) is 52.5 cm³/mol. The van der Waals surface area contributed by atoms with Crippen molar-refractivity contribution in [1.29, 1.82) is 0 Å². The number of aryl methyl sites for hydroxylation is 1. The molecular weight excluding hydrogens is 180 g/mol. The summed E-state index contributed by atoms with van der Waals surface area (Å²) in [6.45, 7) is 2.51. The molecule has 0 aromatic carbocycles. The second kappa shape index (κ2) is 4.85. The number of nitrogens with two attached hydrogens (primary N) is 1. The van der Waals surface area contributed by atoms with Crippen LogP contribution in [0.3, 0.4) is 0 Å². The van der Waals surface area contributed by atoms with E-state index in [4.69, 9.17) is 5.73 Å². The second-order valence-electron chi connectivity index (χ2n) is 3.56. The van der Waals surface area contributed by atoms with E-state index in [0.717, 1.165) is 0 Å². The van der Waals surface area contributed by atoms with Crippen molar-refractivity contribution in [1.82, 2.24) is 14.8 Å². The van der Waals surface area contributed by atoms with Gasteiger partial charge in [0.15, 0.2) is 0 Å². The first-order valence-corrected chi connectivity index (χ1v) is 4.68. The molecule has 1 unspecified atom stereocenters. The van der Waals surface area contributed by atoms with E-state index >= 15 is 0 Å². The van der Waals surface area contributed by atoms with E-state index in [1.165, 1.54) is 6.33 Å². The van der Waals surface area contributed by atoms with Crippen LogP contribution in [0.1, 0.15) is 19.2 Å². The zero-order chi connectivity index (χ0) is 10.6. The van der Waals surface area contributed by atoms with Gasteiger partial charge >= 0.3 is 0 Å². The minimum atomic E-state index is 0.166. The molecule has 1 rings (SSSR count). The lowest BCUT2D eigenvalue weighted by Gasteiger charge is -2.06. The third-order valence-electron chi connectivity index (χ3n) is 2.14. The Balaban J connectivity index is 2.45. The average Bonchev–Trinajstić information content (AvgIpc) is 2.51. The smallest absolute Gasteiger partial charge is 0.140 e. The molecule has 0 fully saturated rings. The van der Waals surface area contributed by atoms with Gasteiger partial charge in [0.1, 0.15) is 17.9 Å². The Morgan fingerprint density at radius 3 is 2.93 bits per heavy atom. The number of hydrogen-bond acceptors (Lipinski definition) is 4. The molecule has 14 heavy (non-hydrogen) atoms. The third kappa shape index (κ3) is 2.92. The predicted octanol–water partition coefficient (Wildman–Crippen LogP) is -0.0884. The number of carbonyl (C=O) groups is 1. The number of ketones is 1. The minimum absolute atomic E-state index is 0.166. The van der Waals surface area contributed by atoms with Gasteiger partial charge in [-0.05, 0) is 12.5 Å². The van der Waals surface area contributed by atoms with Crippen molar-refractivity contribution in [2.45, 2.75) is 19.8 Å². The molecule has 1 aromatic heterocycles. The molecule has 5 heteroatoms. The number of aromatic nitrogens is 3. The van der Waals surface area contributed by atoms with Gasteiger partial charge < -0.3 is 5.73 Å². The van der Waals surface area contributed by atoms with Gasteiger partial charge in [-0.1, -0.05) is 6.92 Å². The van der Waals surface area contributed by atoms with Crippen LogP contribution in [-0.2, 0) is 18.3 Å². The van der Waals surface area contributed by atoms with E-state index in [1.807, 2.05) is 6.92 Å².